The first-order chi connectivity index (χ1) is 12.5. The second kappa shape index (κ2) is 7.72. The highest BCUT2D eigenvalue weighted by molar-refractivity contribution is 5.78. The molecule has 7 heteroatoms. The number of ether oxygens (including phenoxy) is 4. The first kappa shape index (κ1) is 19.4. The third kappa shape index (κ3) is 3.09. The molecule has 0 N–H and O–H groups in total. The second-order valence-electron chi connectivity index (χ2n) is 7.31. The number of amides is 1. The van der Waals surface area contributed by atoms with Crippen LogP contribution in [-0.4, -0.2) is 60.3 Å². The highest BCUT2D eigenvalue weighted by Crippen LogP contribution is 2.52. The summed E-state index contributed by atoms with van der Waals surface area (Å²) in [5.74, 6) is -1.26. The molecule has 0 spiro atoms. The van der Waals surface area contributed by atoms with E-state index in [1.165, 1.54) is 0 Å². The maximum Gasteiger partial charge on any atom is 0.410 e. The van der Waals surface area contributed by atoms with Gasteiger partial charge in [-0.3, -0.25) is 9.69 Å². The van der Waals surface area contributed by atoms with Crippen molar-refractivity contribution in [3.05, 3.63) is 0 Å². The van der Waals surface area contributed by atoms with Gasteiger partial charge in [0.05, 0.1) is 31.2 Å². The first-order valence-electron chi connectivity index (χ1n) is 9.99. The van der Waals surface area contributed by atoms with E-state index in [1.54, 1.807) is 11.8 Å². The Bertz CT molecular complexity index is 534. The average molecular weight is 369 g/mol. The number of esters is 1. The van der Waals surface area contributed by atoms with Crippen LogP contribution in [0, 0.1) is 5.92 Å². The molecule has 0 aromatic carbocycles. The van der Waals surface area contributed by atoms with Crippen LogP contribution >= 0.6 is 0 Å². The van der Waals surface area contributed by atoms with Crippen LogP contribution in [0.25, 0.3) is 0 Å². The SMILES string of the molecule is CCCCOC(=O)N1C2CC(C(=O)OCC)C1C1OC(CC)(CC)OC12. The lowest BCUT2D eigenvalue weighted by Crippen LogP contribution is -2.46. The minimum absolute atomic E-state index is 0.200. The Morgan fingerprint density at radius 1 is 1.08 bits per heavy atom. The number of hydrogen-bond donors (Lipinski definition) is 0. The van der Waals surface area contributed by atoms with E-state index in [1.807, 2.05) is 20.8 Å². The number of unbranched alkanes of at least 4 members (excludes halogenated alkanes) is 1. The molecule has 1 amide bonds. The molecule has 3 aliphatic rings. The molecular formula is C19H31NO6. The zero-order valence-electron chi connectivity index (χ0n) is 16.2. The molecule has 0 saturated carbocycles. The lowest BCUT2D eigenvalue weighted by molar-refractivity contribution is -0.192. The van der Waals surface area contributed by atoms with Gasteiger partial charge in [-0.2, -0.15) is 0 Å². The number of nitrogens with zero attached hydrogens (tertiary/aromatic N) is 1. The van der Waals surface area contributed by atoms with Crippen LogP contribution in [0.2, 0.25) is 0 Å². The molecule has 0 aliphatic carbocycles. The predicted molar refractivity (Wildman–Crippen MR) is 93.5 cm³/mol. The minimum Gasteiger partial charge on any atom is -0.466 e. The maximum absolute atomic E-state index is 12.7. The fraction of sp³-hybridized carbons (Fsp3) is 0.895. The summed E-state index contributed by atoms with van der Waals surface area (Å²) >= 11 is 0. The zero-order chi connectivity index (χ0) is 18.9. The number of carbonyl (C=O) groups is 2. The Morgan fingerprint density at radius 2 is 1.77 bits per heavy atom. The van der Waals surface area contributed by atoms with E-state index in [9.17, 15) is 9.59 Å². The zero-order valence-corrected chi connectivity index (χ0v) is 16.2. The van der Waals surface area contributed by atoms with Crippen LogP contribution in [0.1, 0.15) is 59.8 Å². The summed E-state index contributed by atoms with van der Waals surface area (Å²) in [7, 11) is 0. The fourth-order valence-electron chi connectivity index (χ4n) is 4.53. The molecule has 5 unspecified atom stereocenters. The molecule has 7 nitrogen and oxygen atoms in total. The van der Waals surface area contributed by atoms with Gasteiger partial charge in [-0.1, -0.05) is 27.2 Å². The van der Waals surface area contributed by atoms with Gasteiger partial charge in [0, 0.05) is 0 Å². The van der Waals surface area contributed by atoms with Crippen LogP contribution in [0.3, 0.4) is 0 Å². The van der Waals surface area contributed by atoms with Gasteiger partial charge in [0.15, 0.2) is 5.79 Å². The van der Waals surface area contributed by atoms with Crippen molar-refractivity contribution in [1.82, 2.24) is 4.90 Å². The van der Waals surface area contributed by atoms with Crippen molar-refractivity contribution in [3.8, 4) is 0 Å². The van der Waals surface area contributed by atoms with E-state index in [0.717, 1.165) is 25.7 Å². The summed E-state index contributed by atoms with van der Waals surface area (Å²) in [6.07, 6.45) is 2.91. The Labute approximate surface area is 155 Å². The Kier molecular flexibility index (Phi) is 5.77. The lowest BCUT2D eigenvalue weighted by atomic mass is 9.85. The summed E-state index contributed by atoms with van der Waals surface area (Å²) in [6.45, 7) is 8.62. The number of hydrogen-bond acceptors (Lipinski definition) is 6. The summed E-state index contributed by atoms with van der Waals surface area (Å²) < 4.78 is 23.2. The van der Waals surface area contributed by atoms with Crippen molar-refractivity contribution in [1.29, 1.82) is 0 Å². The van der Waals surface area contributed by atoms with Crippen molar-refractivity contribution >= 4 is 12.1 Å². The lowest BCUT2D eigenvalue weighted by Gasteiger charge is -2.31. The van der Waals surface area contributed by atoms with E-state index >= 15 is 0 Å². The van der Waals surface area contributed by atoms with Gasteiger partial charge >= 0.3 is 12.1 Å². The van der Waals surface area contributed by atoms with Gasteiger partial charge in [0.25, 0.3) is 0 Å². The molecule has 3 heterocycles. The smallest absolute Gasteiger partial charge is 0.410 e. The quantitative estimate of drug-likeness (QED) is 0.507. The van der Waals surface area contributed by atoms with Gasteiger partial charge in [0.1, 0.15) is 12.2 Å². The van der Waals surface area contributed by atoms with E-state index in [0.29, 0.717) is 19.6 Å². The third-order valence-electron chi connectivity index (χ3n) is 5.93. The van der Waals surface area contributed by atoms with Crippen molar-refractivity contribution in [2.75, 3.05) is 13.2 Å². The van der Waals surface area contributed by atoms with Crippen LogP contribution in [0.5, 0.6) is 0 Å². The highest BCUT2D eigenvalue weighted by Gasteiger charge is 2.68. The third-order valence-corrected chi connectivity index (χ3v) is 5.93. The molecular weight excluding hydrogens is 338 g/mol. The van der Waals surface area contributed by atoms with E-state index in [4.69, 9.17) is 18.9 Å². The number of fused-ring (bicyclic) bond motifs is 5. The molecule has 3 saturated heterocycles. The van der Waals surface area contributed by atoms with Gasteiger partial charge in [0.2, 0.25) is 0 Å². The Balaban J connectivity index is 1.80. The second-order valence-corrected chi connectivity index (χ2v) is 7.31. The van der Waals surface area contributed by atoms with Crippen molar-refractivity contribution in [3.63, 3.8) is 0 Å². The molecule has 5 atom stereocenters. The Hall–Kier alpha value is -1.34. The van der Waals surface area contributed by atoms with Gasteiger partial charge < -0.3 is 18.9 Å². The normalized spacial score (nSPS) is 34.0. The monoisotopic (exact) mass is 369 g/mol. The van der Waals surface area contributed by atoms with E-state index in [-0.39, 0.29) is 42.3 Å². The van der Waals surface area contributed by atoms with E-state index < -0.39 is 5.79 Å². The summed E-state index contributed by atoms with van der Waals surface area (Å²) in [5.41, 5.74) is 0. The predicted octanol–water partition coefficient (Wildman–Crippen LogP) is 2.86. The molecule has 2 bridgehead atoms. The molecule has 0 radical (unpaired) electrons. The molecule has 3 aliphatic heterocycles. The first-order valence-corrected chi connectivity index (χ1v) is 9.99. The van der Waals surface area contributed by atoms with Gasteiger partial charge in [-0.05, 0) is 32.6 Å². The molecule has 0 aromatic heterocycles. The van der Waals surface area contributed by atoms with Gasteiger partial charge in [-0.25, -0.2) is 4.79 Å². The van der Waals surface area contributed by atoms with Crippen LogP contribution in [0.4, 0.5) is 4.79 Å². The fourth-order valence-corrected chi connectivity index (χ4v) is 4.53. The largest absolute Gasteiger partial charge is 0.466 e. The van der Waals surface area contributed by atoms with Crippen molar-refractivity contribution in [2.45, 2.75) is 89.9 Å². The van der Waals surface area contributed by atoms with Crippen molar-refractivity contribution < 1.29 is 28.5 Å². The van der Waals surface area contributed by atoms with E-state index in [2.05, 4.69) is 0 Å². The Morgan fingerprint density at radius 3 is 2.38 bits per heavy atom. The molecule has 3 rings (SSSR count). The van der Waals surface area contributed by atoms with Crippen LogP contribution in [0.15, 0.2) is 0 Å². The summed E-state index contributed by atoms with van der Waals surface area (Å²) in [6, 6.07) is -0.577. The highest BCUT2D eigenvalue weighted by atomic mass is 16.8. The maximum atomic E-state index is 12.7. The topological polar surface area (TPSA) is 74.3 Å². The van der Waals surface area contributed by atoms with Crippen molar-refractivity contribution in [2.24, 2.45) is 5.92 Å². The molecule has 0 aromatic rings. The molecule has 26 heavy (non-hydrogen) atoms. The number of rotatable bonds is 7. The average Bonchev–Trinajstić information content (AvgIpc) is 3.28. The molecule has 148 valence electrons. The summed E-state index contributed by atoms with van der Waals surface area (Å²) in [5, 5.41) is 0. The summed E-state index contributed by atoms with van der Waals surface area (Å²) in [4.78, 5) is 26.8. The minimum atomic E-state index is -0.617. The van der Waals surface area contributed by atoms with Crippen LogP contribution < -0.4 is 0 Å². The van der Waals surface area contributed by atoms with Crippen LogP contribution in [-0.2, 0) is 23.7 Å². The van der Waals surface area contributed by atoms with Gasteiger partial charge in [-0.15, -0.1) is 0 Å². The number of carbonyl (C=O) groups excluding carboxylic acids is 2. The standard InChI is InChI=1S/C19H31NO6/c1-5-9-10-24-18(22)20-13-11-12(17(21)23-8-4)14(20)16-15(13)25-19(6-2,7-3)26-16/h12-16H,5-11H2,1-4H3. The molecule has 3 fully saturated rings.